The molecule has 0 spiro atoms. The molecule has 2 rings (SSSR count). The average Bonchev–Trinajstić information content (AvgIpc) is 2.49. The smallest absolute Gasteiger partial charge is 0.118 e. The van der Waals surface area contributed by atoms with Gasteiger partial charge in [-0.1, -0.05) is 72.9 Å². The normalized spacial score (nSPS) is 11.8. The Hall–Kier alpha value is -1.80. The van der Waals surface area contributed by atoms with Crippen LogP contribution in [0.4, 0.5) is 0 Å². The van der Waals surface area contributed by atoms with Crippen molar-refractivity contribution in [3.8, 4) is 5.75 Å². The highest BCUT2D eigenvalue weighted by atomic mass is 28.3. The Bertz CT molecular complexity index is 556. The lowest BCUT2D eigenvalue weighted by molar-refractivity contribution is 0.415. The number of ether oxygens (including phenoxy) is 1. The summed E-state index contributed by atoms with van der Waals surface area (Å²) in [6.45, 7) is 4.83. The Labute approximate surface area is 122 Å². The van der Waals surface area contributed by atoms with Crippen LogP contribution in [0.3, 0.4) is 0 Å². The van der Waals surface area contributed by atoms with Crippen molar-refractivity contribution in [1.29, 1.82) is 0 Å². The number of allylic oxidation sites excluding steroid dienone is 1. The monoisotopic (exact) mass is 282 g/mol. The van der Waals surface area contributed by atoms with Crippen molar-refractivity contribution in [3.05, 3.63) is 66.2 Å². The predicted molar refractivity (Wildman–Crippen MR) is 90.4 cm³/mol. The van der Waals surface area contributed by atoms with Gasteiger partial charge in [0.1, 0.15) is 5.75 Å². The van der Waals surface area contributed by atoms with Crippen molar-refractivity contribution in [3.63, 3.8) is 0 Å². The SMILES string of the molecule is COc1ccc(/C=C/C[Si](C)(C)c2ccccc2)cc1. The van der Waals surface area contributed by atoms with Crippen LogP contribution in [0.5, 0.6) is 5.75 Å². The van der Waals surface area contributed by atoms with Crippen molar-refractivity contribution in [1.82, 2.24) is 0 Å². The third kappa shape index (κ3) is 3.84. The largest absolute Gasteiger partial charge is 0.497 e. The second-order valence-electron chi connectivity index (χ2n) is 5.63. The fourth-order valence-electron chi connectivity index (χ4n) is 2.21. The molecule has 0 N–H and O–H groups in total. The summed E-state index contributed by atoms with van der Waals surface area (Å²) in [4.78, 5) is 0. The molecule has 2 aromatic carbocycles. The van der Waals surface area contributed by atoms with Crippen molar-refractivity contribution < 1.29 is 4.74 Å². The molecule has 0 saturated carbocycles. The molecule has 0 aliphatic carbocycles. The van der Waals surface area contributed by atoms with Crippen LogP contribution in [0, 0.1) is 0 Å². The summed E-state index contributed by atoms with van der Waals surface area (Å²) in [7, 11) is 0.331. The van der Waals surface area contributed by atoms with E-state index in [9.17, 15) is 0 Å². The molecule has 104 valence electrons. The van der Waals surface area contributed by atoms with Crippen molar-refractivity contribution in [2.24, 2.45) is 0 Å². The van der Waals surface area contributed by atoms with Gasteiger partial charge in [0.25, 0.3) is 0 Å². The first kappa shape index (κ1) is 14.6. The Morgan fingerprint density at radius 3 is 2.20 bits per heavy atom. The highest BCUT2D eigenvalue weighted by Gasteiger charge is 2.20. The molecule has 0 bridgehead atoms. The standard InChI is InChI=1S/C18H22OSi/c1-19-17-13-11-16(12-14-17)8-7-15-20(2,3)18-9-5-4-6-10-18/h4-14H,15H2,1-3H3/b8-7+. The van der Waals surface area contributed by atoms with Crippen LogP contribution in [0.15, 0.2) is 60.7 Å². The quantitative estimate of drug-likeness (QED) is 0.742. The Balaban J connectivity index is 2.01. The Morgan fingerprint density at radius 1 is 0.950 bits per heavy atom. The lowest BCUT2D eigenvalue weighted by atomic mass is 10.2. The fraction of sp³-hybridized carbons (Fsp3) is 0.222. The molecule has 2 heteroatoms. The van der Waals surface area contributed by atoms with Gasteiger partial charge in [-0.3, -0.25) is 0 Å². The minimum atomic E-state index is -1.36. The topological polar surface area (TPSA) is 9.23 Å². The molecule has 2 aromatic rings. The molecule has 0 aromatic heterocycles. The van der Waals surface area contributed by atoms with E-state index in [1.54, 1.807) is 7.11 Å². The maximum Gasteiger partial charge on any atom is 0.118 e. The summed E-state index contributed by atoms with van der Waals surface area (Å²) in [5.74, 6) is 0.904. The first-order valence-electron chi connectivity index (χ1n) is 6.98. The molecule has 0 unspecified atom stereocenters. The summed E-state index contributed by atoms with van der Waals surface area (Å²) in [6.07, 6.45) is 4.51. The number of hydrogen-bond acceptors (Lipinski definition) is 1. The van der Waals surface area contributed by atoms with E-state index in [0.717, 1.165) is 11.8 Å². The molecule has 0 radical (unpaired) electrons. The van der Waals surface area contributed by atoms with E-state index in [0.29, 0.717) is 0 Å². The van der Waals surface area contributed by atoms with E-state index in [1.165, 1.54) is 10.8 Å². The maximum atomic E-state index is 5.17. The molecule has 0 fully saturated rings. The highest BCUT2D eigenvalue weighted by Crippen LogP contribution is 2.15. The molecule has 0 saturated heterocycles. The second kappa shape index (κ2) is 6.57. The fourth-order valence-corrected chi connectivity index (χ4v) is 4.25. The van der Waals surface area contributed by atoms with E-state index in [2.05, 4.69) is 67.7 Å². The van der Waals surface area contributed by atoms with Gasteiger partial charge in [-0.05, 0) is 23.7 Å². The molecule has 20 heavy (non-hydrogen) atoms. The highest BCUT2D eigenvalue weighted by molar-refractivity contribution is 6.90. The number of methoxy groups -OCH3 is 1. The summed E-state index contributed by atoms with van der Waals surface area (Å²) in [6, 6.07) is 20.2. The van der Waals surface area contributed by atoms with Gasteiger partial charge in [0.15, 0.2) is 0 Å². The third-order valence-corrected chi connectivity index (χ3v) is 6.76. The van der Waals surface area contributed by atoms with E-state index in [4.69, 9.17) is 4.74 Å². The van der Waals surface area contributed by atoms with Crippen LogP contribution in [-0.2, 0) is 0 Å². The van der Waals surface area contributed by atoms with Crippen LogP contribution in [0.25, 0.3) is 6.08 Å². The van der Waals surface area contributed by atoms with Gasteiger partial charge >= 0.3 is 0 Å². The molecular weight excluding hydrogens is 260 g/mol. The van der Waals surface area contributed by atoms with Gasteiger partial charge in [0.05, 0.1) is 15.2 Å². The summed E-state index contributed by atoms with van der Waals surface area (Å²) < 4.78 is 5.17. The number of hydrogen-bond donors (Lipinski definition) is 0. The molecule has 0 amide bonds. The lowest BCUT2D eigenvalue weighted by Gasteiger charge is -2.20. The Kier molecular flexibility index (Phi) is 4.80. The molecular formula is C18H22OSi. The number of rotatable bonds is 5. The van der Waals surface area contributed by atoms with Gasteiger partial charge in [-0.15, -0.1) is 0 Å². The van der Waals surface area contributed by atoms with Crippen LogP contribution in [0.1, 0.15) is 5.56 Å². The van der Waals surface area contributed by atoms with E-state index >= 15 is 0 Å². The van der Waals surface area contributed by atoms with Gasteiger partial charge in [-0.25, -0.2) is 0 Å². The third-order valence-electron chi connectivity index (χ3n) is 3.61. The molecule has 1 nitrogen and oxygen atoms in total. The molecule has 0 aliphatic rings. The van der Waals surface area contributed by atoms with Gasteiger partial charge in [0.2, 0.25) is 0 Å². The first-order chi connectivity index (χ1) is 9.62. The zero-order chi connectivity index (χ0) is 14.4. The van der Waals surface area contributed by atoms with Crippen LogP contribution in [-0.4, -0.2) is 15.2 Å². The van der Waals surface area contributed by atoms with Crippen molar-refractivity contribution in [2.45, 2.75) is 19.1 Å². The summed E-state index contributed by atoms with van der Waals surface area (Å²) in [5, 5.41) is 1.51. The van der Waals surface area contributed by atoms with Crippen LogP contribution < -0.4 is 9.92 Å². The zero-order valence-electron chi connectivity index (χ0n) is 12.5. The molecule has 0 heterocycles. The minimum absolute atomic E-state index is 0.904. The lowest BCUT2D eigenvalue weighted by Crippen LogP contribution is -2.40. The van der Waals surface area contributed by atoms with Gasteiger partial charge < -0.3 is 4.74 Å². The maximum absolute atomic E-state index is 5.17. The summed E-state index contributed by atoms with van der Waals surface area (Å²) in [5.41, 5.74) is 1.23. The molecule has 0 aliphatic heterocycles. The van der Waals surface area contributed by atoms with Crippen LogP contribution >= 0.6 is 0 Å². The van der Waals surface area contributed by atoms with E-state index in [-0.39, 0.29) is 0 Å². The zero-order valence-corrected chi connectivity index (χ0v) is 13.5. The second-order valence-corrected chi connectivity index (χ2v) is 10.4. The van der Waals surface area contributed by atoms with Crippen molar-refractivity contribution >= 4 is 19.3 Å². The van der Waals surface area contributed by atoms with Gasteiger partial charge in [0, 0.05) is 0 Å². The molecule has 0 atom stereocenters. The van der Waals surface area contributed by atoms with Gasteiger partial charge in [-0.2, -0.15) is 0 Å². The van der Waals surface area contributed by atoms with Crippen molar-refractivity contribution in [2.75, 3.05) is 7.11 Å². The minimum Gasteiger partial charge on any atom is -0.497 e. The van der Waals surface area contributed by atoms with E-state index < -0.39 is 8.07 Å². The summed E-state index contributed by atoms with van der Waals surface area (Å²) >= 11 is 0. The Morgan fingerprint density at radius 2 is 1.60 bits per heavy atom. The number of benzene rings is 2. The average molecular weight is 282 g/mol. The van der Waals surface area contributed by atoms with E-state index in [1.807, 2.05) is 12.1 Å². The van der Waals surface area contributed by atoms with Crippen LogP contribution in [0.2, 0.25) is 19.1 Å². The predicted octanol–water partition coefficient (Wildman–Crippen LogP) is 4.32. The first-order valence-corrected chi connectivity index (χ1v) is 10.2.